The second-order valence-corrected chi connectivity index (χ2v) is 6.95. The lowest BCUT2D eigenvalue weighted by Crippen LogP contribution is -2.16. The molecule has 0 aliphatic rings. The molecule has 1 N–H and O–H groups in total. The van der Waals surface area contributed by atoms with Gasteiger partial charge in [-0.2, -0.15) is 0 Å². The molecular formula is C17H19NO2S. The topological polar surface area (TPSA) is 46.2 Å². The number of thiophene rings is 1. The summed E-state index contributed by atoms with van der Waals surface area (Å²) in [4.78, 5) is 24.6. The summed E-state index contributed by atoms with van der Waals surface area (Å²) in [6.07, 6.45) is 0. The Morgan fingerprint density at radius 1 is 1.14 bits per heavy atom. The molecule has 1 aromatic heterocycles. The Balaban J connectivity index is 2.39. The van der Waals surface area contributed by atoms with Crippen LogP contribution in [-0.4, -0.2) is 11.7 Å². The van der Waals surface area contributed by atoms with Crippen molar-refractivity contribution in [3.05, 3.63) is 51.7 Å². The lowest BCUT2D eigenvalue weighted by molar-refractivity contribution is 0.101. The van der Waals surface area contributed by atoms with Gasteiger partial charge in [0.2, 0.25) is 0 Å². The molecule has 0 bridgehead atoms. The van der Waals surface area contributed by atoms with Crippen LogP contribution in [0.5, 0.6) is 0 Å². The minimum atomic E-state index is -0.182. The monoisotopic (exact) mass is 301 g/mol. The van der Waals surface area contributed by atoms with Crippen LogP contribution in [0.2, 0.25) is 0 Å². The van der Waals surface area contributed by atoms with E-state index >= 15 is 0 Å². The van der Waals surface area contributed by atoms with Crippen molar-refractivity contribution in [2.24, 2.45) is 0 Å². The third-order valence-corrected chi connectivity index (χ3v) is 4.13. The Labute approximate surface area is 129 Å². The molecule has 0 aliphatic heterocycles. The van der Waals surface area contributed by atoms with Gasteiger partial charge < -0.3 is 5.32 Å². The van der Waals surface area contributed by atoms with Crippen LogP contribution in [0.15, 0.2) is 35.7 Å². The maximum Gasteiger partial charge on any atom is 0.265 e. The third kappa shape index (κ3) is 3.58. The van der Waals surface area contributed by atoms with Gasteiger partial charge in [0.15, 0.2) is 5.78 Å². The van der Waals surface area contributed by atoms with Gasteiger partial charge in [0.05, 0.1) is 10.6 Å². The van der Waals surface area contributed by atoms with Gasteiger partial charge in [0.25, 0.3) is 5.91 Å². The molecule has 110 valence electrons. The molecular weight excluding hydrogens is 282 g/mol. The van der Waals surface area contributed by atoms with E-state index in [1.807, 2.05) is 23.6 Å². The van der Waals surface area contributed by atoms with Crippen molar-refractivity contribution in [3.63, 3.8) is 0 Å². The molecule has 1 heterocycles. The van der Waals surface area contributed by atoms with Gasteiger partial charge in [-0.25, -0.2) is 0 Å². The highest BCUT2D eigenvalue weighted by molar-refractivity contribution is 7.12. The average molecular weight is 301 g/mol. The predicted octanol–water partition coefficient (Wildman–Crippen LogP) is 4.50. The van der Waals surface area contributed by atoms with E-state index in [4.69, 9.17) is 0 Å². The van der Waals surface area contributed by atoms with Gasteiger partial charge in [-0.3, -0.25) is 9.59 Å². The maximum absolute atomic E-state index is 12.2. The van der Waals surface area contributed by atoms with Crippen LogP contribution < -0.4 is 5.32 Å². The molecule has 3 nitrogen and oxygen atoms in total. The normalized spacial score (nSPS) is 11.2. The number of hydrogen-bond acceptors (Lipinski definition) is 3. The van der Waals surface area contributed by atoms with E-state index in [9.17, 15) is 9.59 Å². The minimum absolute atomic E-state index is 0.0439. The second-order valence-electron chi connectivity index (χ2n) is 6.00. The van der Waals surface area contributed by atoms with Gasteiger partial charge in [0.1, 0.15) is 0 Å². The summed E-state index contributed by atoms with van der Waals surface area (Å²) in [6.45, 7) is 7.80. The summed E-state index contributed by atoms with van der Waals surface area (Å²) in [5.41, 5.74) is 2.15. The SMILES string of the molecule is CC(=O)c1ccc(C(C)(C)C)cc1NC(=O)c1cccs1. The van der Waals surface area contributed by atoms with Crippen LogP contribution in [0.3, 0.4) is 0 Å². The van der Waals surface area contributed by atoms with Crippen molar-refractivity contribution in [2.45, 2.75) is 33.1 Å². The molecule has 0 fully saturated rings. The van der Waals surface area contributed by atoms with E-state index in [0.29, 0.717) is 16.1 Å². The van der Waals surface area contributed by atoms with E-state index < -0.39 is 0 Å². The van der Waals surface area contributed by atoms with Gasteiger partial charge in [0, 0.05) is 5.56 Å². The van der Waals surface area contributed by atoms with Crippen LogP contribution in [0.1, 0.15) is 53.3 Å². The number of nitrogens with one attached hydrogen (secondary N) is 1. The molecule has 1 aromatic carbocycles. The Bertz CT molecular complexity index is 667. The van der Waals surface area contributed by atoms with Crippen LogP contribution in [0.25, 0.3) is 0 Å². The highest BCUT2D eigenvalue weighted by Crippen LogP contribution is 2.28. The zero-order valence-corrected chi connectivity index (χ0v) is 13.5. The smallest absolute Gasteiger partial charge is 0.265 e. The van der Waals surface area contributed by atoms with Gasteiger partial charge in [-0.1, -0.05) is 32.9 Å². The van der Waals surface area contributed by atoms with E-state index in [0.717, 1.165) is 5.56 Å². The first-order valence-corrected chi connectivity index (χ1v) is 7.67. The molecule has 1 amide bonds. The molecule has 0 aliphatic carbocycles. The summed E-state index contributed by atoms with van der Waals surface area (Å²) in [5, 5.41) is 4.71. The molecule has 0 unspecified atom stereocenters. The maximum atomic E-state index is 12.2. The van der Waals surface area contributed by atoms with Crippen LogP contribution in [-0.2, 0) is 5.41 Å². The van der Waals surface area contributed by atoms with Gasteiger partial charge in [-0.15, -0.1) is 11.3 Å². The Hall–Kier alpha value is -1.94. The minimum Gasteiger partial charge on any atom is -0.321 e. The zero-order valence-electron chi connectivity index (χ0n) is 12.7. The second kappa shape index (κ2) is 5.82. The largest absolute Gasteiger partial charge is 0.321 e. The van der Waals surface area contributed by atoms with E-state index in [1.165, 1.54) is 18.3 Å². The van der Waals surface area contributed by atoms with Crippen molar-refractivity contribution < 1.29 is 9.59 Å². The van der Waals surface area contributed by atoms with Crippen molar-refractivity contribution in [1.82, 2.24) is 0 Å². The standard InChI is InChI=1S/C17H19NO2S/c1-11(19)13-8-7-12(17(2,3)4)10-14(13)18-16(20)15-6-5-9-21-15/h5-10H,1-4H3,(H,18,20). The third-order valence-electron chi connectivity index (χ3n) is 3.26. The number of Topliss-reactive ketones (excluding diaryl/α,β-unsaturated/α-hetero) is 1. The summed E-state index contributed by atoms with van der Waals surface area (Å²) >= 11 is 1.38. The number of anilines is 1. The molecule has 0 saturated heterocycles. The molecule has 4 heteroatoms. The first-order chi connectivity index (χ1) is 9.79. The zero-order chi connectivity index (χ0) is 15.6. The fraction of sp³-hybridized carbons (Fsp3) is 0.294. The fourth-order valence-corrected chi connectivity index (χ4v) is 2.63. The van der Waals surface area contributed by atoms with Crippen LogP contribution in [0.4, 0.5) is 5.69 Å². The number of carbonyl (C=O) groups excluding carboxylic acids is 2. The molecule has 2 rings (SSSR count). The molecule has 0 atom stereocenters. The van der Waals surface area contributed by atoms with Gasteiger partial charge >= 0.3 is 0 Å². The summed E-state index contributed by atoms with van der Waals surface area (Å²) < 4.78 is 0. The Kier molecular flexibility index (Phi) is 4.28. The van der Waals surface area contributed by atoms with Crippen molar-refractivity contribution in [2.75, 3.05) is 5.32 Å². The molecule has 21 heavy (non-hydrogen) atoms. The molecule has 2 aromatic rings. The van der Waals surface area contributed by atoms with E-state index in [1.54, 1.807) is 12.1 Å². The number of rotatable bonds is 3. The van der Waals surface area contributed by atoms with Crippen molar-refractivity contribution >= 4 is 28.7 Å². The summed E-state index contributed by atoms with van der Waals surface area (Å²) in [5.74, 6) is -0.240. The first-order valence-electron chi connectivity index (χ1n) is 6.79. The van der Waals surface area contributed by atoms with Crippen molar-refractivity contribution in [1.29, 1.82) is 0 Å². The predicted molar refractivity (Wildman–Crippen MR) is 87.4 cm³/mol. The quantitative estimate of drug-likeness (QED) is 0.848. The van der Waals surface area contributed by atoms with Crippen LogP contribution in [0, 0.1) is 0 Å². The number of hydrogen-bond donors (Lipinski definition) is 1. The molecule has 0 spiro atoms. The van der Waals surface area contributed by atoms with Crippen LogP contribution >= 0.6 is 11.3 Å². The number of ketones is 1. The van der Waals surface area contributed by atoms with E-state index in [2.05, 4.69) is 26.1 Å². The lowest BCUT2D eigenvalue weighted by atomic mass is 9.86. The molecule has 0 radical (unpaired) electrons. The first kappa shape index (κ1) is 15.4. The van der Waals surface area contributed by atoms with Gasteiger partial charge in [-0.05, 0) is 41.5 Å². The summed E-state index contributed by atoms with van der Waals surface area (Å²) in [6, 6.07) is 9.21. The lowest BCUT2D eigenvalue weighted by Gasteiger charge is -2.21. The highest BCUT2D eigenvalue weighted by atomic mass is 32.1. The number of amides is 1. The highest BCUT2D eigenvalue weighted by Gasteiger charge is 2.18. The summed E-state index contributed by atoms with van der Waals surface area (Å²) in [7, 11) is 0. The Morgan fingerprint density at radius 3 is 2.38 bits per heavy atom. The number of benzene rings is 1. The molecule has 0 saturated carbocycles. The van der Waals surface area contributed by atoms with Crippen molar-refractivity contribution in [3.8, 4) is 0 Å². The Morgan fingerprint density at radius 2 is 1.86 bits per heavy atom. The number of carbonyl (C=O) groups is 2. The van der Waals surface area contributed by atoms with E-state index in [-0.39, 0.29) is 17.1 Å². The fourth-order valence-electron chi connectivity index (χ4n) is 2.01. The average Bonchev–Trinajstić information content (AvgIpc) is 2.91.